The predicted octanol–water partition coefficient (Wildman–Crippen LogP) is 6.17. The first-order valence-corrected chi connectivity index (χ1v) is 21.0. The van der Waals surface area contributed by atoms with Crippen LogP contribution in [-0.2, 0) is 29.6 Å². The predicted molar refractivity (Wildman–Crippen MR) is 224 cm³/mol. The first kappa shape index (κ1) is 41.7. The second-order valence-corrected chi connectivity index (χ2v) is 16.9. The molecule has 6 heterocycles. The SMILES string of the molecule is Cc1cc2cc(n1)-c1cnn(C)c1OCCC[C@@H](C)Cn1c(nc3ccc(C(=O)N(C)[C@@H]4CCN(CCc5cc(F)c([C@H]6CCC(=O)NC6=O)c(F)c5)[C@H](C)C4)cc31)NC2=O. The number of nitrogens with one attached hydrogen (secondary N) is 2. The molecule has 16 heteroatoms. The molecular weight excluding hydrogens is 785 g/mol. The summed E-state index contributed by atoms with van der Waals surface area (Å²) in [4.78, 5) is 65.4. The van der Waals surface area contributed by atoms with Crippen molar-refractivity contribution in [1.82, 2.24) is 39.4 Å². The minimum absolute atomic E-state index is 0.0302. The van der Waals surface area contributed by atoms with Crippen LogP contribution in [0.5, 0.6) is 5.88 Å². The Bertz CT molecular complexity index is 2510. The largest absolute Gasteiger partial charge is 0.477 e. The number of hydrogen-bond acceptors (Lipinski definition) is 9. The van der Waals surface area contributed by atoms with Gasteiger partial charge in [-0.25, -0.2) is 18.4 Å². The van der Waals surface area contributed by atoms with E-state index in [4.69, 9.17) is 9.72 Å². The minimum atomic E-state index is -1.04. The molecule has 0 spiro atoms. The van der Waals surface area contributed by atoms with E-state index in [9.17, 15) is 19.2 Å². The quantitative estimate of drug-likeness (QED) is 0.191. The number of carbonyl (C=O) groups excluding carboxylic acids is 4. The van der Waals surface area contributed by atoms with Gasteiger partial charge in [-0.15, -0.1) is 0 Å². The smallest absolute Gasteiger partial charge is 0.258 e. The summed E-state index contributed by atoms with van der Waals surface area (Å²) in [5, 5.41) is 9.61. The van der Waals surface area contributed by atoms with Gasteiger partial charge in [0.15, 0.2) is 0 Å². The summed E-state index contributed by atoms with van der Waals surface area (Å²) in [5.74, 6) is -3.00. The van der Waals surface area contributed by atoms with Crippen molar-refractivity contribution in [3.8, 4) is 17.1 Å². The summed E-state index contributed by atoms with van der Waals surface area (Å²) in [6, 6.07) is 11.6. The Labute approximate surface area is 352 Å². The standard InChI is InChI=1S/C45H51F2N9O5/c1-25-7-6-16-61-44-33(23-48-54(44)5)37-21-30(17-26(2)49-37)41(58)52-45-50-36-10-8-29(22-38(36)56(45)24-25)43(60)53(4)31-13-15-55(27(3)18-31)14-12-28-19-34(46)40(35(47)20-28)32-9-11-39(57)51-42(32)59/h8,10,17,19-23,25,27,31-32H,6-7,9,11-16,18,24H2,1-5H3,(H,50,52,58)(H,51,57,59)/t25-,27-,31-,32-/m1/s1. The Morgan fingerprint density at radius 3 is 2.54 bits per heavy atom. The average molecular weight is 836 g/mol. The monoisotopic (exact) mass is 835 g/mol. The fourth-order valence-corrected chi connectivity index (χ4v) is 9.03. The van der Waals surface area contributed by atoms with Crippen LogP contribution in [0.2, 0.25) is 0 Å². The fraction of sp³-hybridized carbons (Fsp3) is 0.444. The van der Waals surface area contributed by atoms with Crippen LogP contribution >= 0.6 is 0 Å². The summed E-state index contributed by atoms with van der Waals surface area (Å²) in [6.45, 7) is 8.38. The Morgan fingerprint density at radius 1 is 1.00 bits per heavy atom. The van der Waals surface area contributed by atoms with Crippen molar-refractivity contribution in [2.45, 2.75) is 90.3 Å². The molecule has 3 aliphatic heterocycles. The number of ether oxygens (including phenoxy) is 1. The molecule has 0 aliphatic carbocycles. The van der Waals surface area contributed by atoms with Gasteiger partial charge >= 0.3 is 0 Å². The molecule has 0 saturated carbocycles. The number of aromatic nitrogens is 5. The molecule has 2 aromatic carbocycles. The highest BCUT2D eigenvalue weighted by Gasteiger charge is 2.34. The van der Waals surface area contributed by atoms with E-state index < -0.39 is 29.4 Å². The lowest BCUT2D eigenvalue weighted by molar-refractivity contribution is -0.134. The van der Waals surface area contributed by atoms with E-state index in [0.29, 0.717) is 83.6 Å². The molecule has 14 nitrogen and oxygen atoms in total. The highest BCUT2D eigenvalue weighted by Crippen LogP contribution is 2.33. The number of imidazole rings is 1. The van der Waals surface area contributed by atoms with E-state index in [-0.39, 0.29) is 48.2 Å². The number of hydrogen-bond donors (Lipinski definition) is 2. The van der Waals surface area contributed by atoms with Crippen molar-refractivity contribution in [3.05, 3.63) is 88.2 Å². The van der Waals surface area contributed by atoms with E-state index in [1.165, 1.54) is 12.1 Å². The zero-order valence-electron chi connectivity index (χ0n) is 35.1. The molecule has 4 atom stereocenters. The van der Waals surface area contributed by atoms with Crippen molar-refractivity contribution in [1.29, 1.82) is 0 Å². The Balaban J connectivity index is 0.956. The second-order valence-electron chi connectivity index (χ2n) is 16.9. The van der Waals surface area contributed by atoms with Crippen molar-refractivity contribution in [3.63, 3.8) is 0 Å². The molecule has 4 amide bonds. The van der Waals surface area contributed by atoms with Crippen LogP contribution in [0.3, 0.4) is 0 Å². The molecule has 320 valence electrons. The third-order valence-electron chi connectivity index (χ3n) is 12.4. The maximum Gasteiger partial charge on any atom is 0.258 e. The van der Waals surface area contributed by atoms with E-state index in [0.717, 1.165) is 31.2 Å². The highest BCUT2D eigenvalue weighted by molar-refractivity contribution is 6.05. The number of pyridine rings is 1. The van der Waals surface area contributed by atoms with Gasteiger partial charge in [-0.2, -0.15) is 5.10 Å². The summed E-state index contributed by atoms with van der Waals surface area (Å²) >= 11 is 0. The van der Waals surface area contributed by atoms with Gasteiger partial charge in [-0.1, -0.05) is 6.92 Å². The van der Waals surface area contributed by atoms with Crippen molar-refractivity contribution in [2.24, 2.45) is 13.0 Å². The zero-order valence-corrected chi connectivity index (χ0v) is 35.1. The number of fused-ring (bicyclic) bond motifs is 7. The average Bonchev–Trinajstić information content (AvgIpc) is 3.76. The number of benzene rings is 2. The number of likely N-dealkylation sites (tertiary alicyclic amines) is 1. The normalized spacial score (nSPS) is 21.4. The molecule has 3 aromatic heterocycles. The van der Waals surface area contributed by atoms with E-state index in [1.54, 1.807) is 34.0 Å². The molecule has 3 aliphatic rings. The van der Waals surface area contributed by atoms with E-state index in [2.05, 4.69) is 39.5 Å². The molecule has 0 unspecified atom stereocenters. The van der Waals surface area contributed by atoms with Gasteiger partial charge in [0, 0.05) is 74.6 Å². The van der Waals surface area contributed by atoms with Crippen LogP contribution in [0.4, 0.5) is 14.7 Å². The van der Waals surface area contributed by atoms with Gasteiger partial charge < -0.3 is 19.1 Å². The summed E-state index contributed by atoms with van der Waals surface area (Å²) in [6.07, 6.45) is 5.28. The lowest BCUT2D eigenvalue weighted by atomic mass is 9.88. The van der Waals surface area contributed by atoms with Crippen LogP contribution in [0.1, 0.15) is 95.8 Å². The van der Waals surface area contributed by atoms with Crippen LogP contribution in [-0.4, -0.2) is 96.6 Å². The summed E-state index contributed by atoms with van der Waals surface area (Å²) < 4.78 is 40.2. The number of aryl methyl sites for hydroxylation is 2. The van der Waals surface area contributed by atoms with Crippen LogP contribution in [0.15, 0.2) is 48.7 Å². The van der Waals surface area contributed by atoms with Crippen LogP contribution in [0, 0.1) is 24.5 Å². The van der Waals surface area contributed by atoms with Crippen molar-refractivity contribution in [2.75, 3.05) is 32.1 Å². The molecule has 8 rings (SSSR count). The number of halogens is 2. The molecule has 2 bridgehead atoms. The molecule has 2 saturated heterocycles. The van der Waals surface area contributed by atoms with Gasteiger partial charge in [-0.05, 0) is 106 Å². The maximum absolute atomic E-state index is 15.2. The Kier molecular flexibility index (Phi) is 11.7. The van der Waals surface area contributed by atoms with Gasteiger partial charge in [0.1, 0.15) is 11.6 Å². The summed E-state index contributed by atoms with van der Waals surface area (Å²) in [7, 11) is 3.65. The molecule has 5 aromatic rings. The third kappa shape index (κ3) is 8.63. The van der Waals surface area contributed by atoms with Gasteiger partial charge in [0.2, 0.25) is 23.6 Å². The van der Waals surface area contributed by atoms with Crippen molar-refractivity contribution >= 4 is 40.6 Å². The highest BCUT2D eigenvalue weighted by atomic mass is 19.1. The summed E-state index contributed by atoms with van der Waals surface area (Å²) in [5.41, 5.74) is 4.49. The zero-order chi connectivity index (χ0) is 43.1. The second kappa shape index (κ2) is 17.1. The van der Waals surface area contributed by atoms with Gasteiger partial charge in [0.25, 0.3) is 11.8 Å². The van der Waals surface area contributed by atoms with E-state index in [1.807, 2.05) is 37.7 Å². The minimum Gasteiger partial charge on any atom is -0.477 e. The Hall–Kier alpha value is -6.03. The van der Waals surface area contributed by atoms with E-state index >= 15 is 8.78 Å². The lowest BCUT2D eigenvalue weighted by Crippen LogP contribution is -2.49. The molecule has 61 heavy (non-hydrogen) atoms. The Morgan fingerprint density at radius 2 is 1.79 bits per heavy atom. The number of anilines is 1. The first-order chi connectivity index (χ1) is 29.2. The number of amides is 4. The topological polar surface area (TPSA) is 157 Å². The molecular formula is C45H51F2N9O5. The molecule has 0 radical (unpaired) electrons. The fourth-order valence-electron chi connectivity index (χ4n) is 9.03. The van der Waals surface area contributed by atoms with Crippen LogP contribution in [0.25, 0.3) is 22.3 Å². The number of carbonyl (C=O) groups is 4. The van der Waals surface area contributed by atoms with Gasteiger partial charge in [0.05, 0.1) is 41.0 Å². The number of rotatable bonds is 6. The third-order valence-corrected chi connectivity index (χ3v) is 12.4. The lowest BCUT2D eigenvalue weighted by Gasteiger charge is -2.41. The molecule has 2 fully saturated rings. The van der Waals surface area contributed by atoms with Crippen molar-refractivity contribution < 1.29 is 32.7 Å². The van der Waals surface area contributed by atoms with Gasteiger partial charge in [-0.3, -0.25) is 34.8 Å². The number of piperidine rings is 2. The first-order valence-electron chi connectivity index (χ1n) is 21.0. The van der Waals surface area contributed by atoms with Crippen LogP contribution < -0.4 is 15.4 Å². The maximum atomic E-state index is 15.2. The molecule has 2 N–H and O–H groups in total. The number of nitrogens with zero attached hydrogens (tertiary/aromatic N) is 7. The number of imide groups is 1.